The second kappa shape index (κ2) is 8.43. The van der Waals surface area contributed by atoms with E-state index in [9.17, 15) is 9.59 Å². The molecule has 1 saturated carbocycles. The van der Waals surface area contributed by atoms with E-state index in [1.807, 2.05) is 66.9 Å². The first-order chi connectivity index (χ1) is 17.1. The van der Waals surface area contributed by atoms with E-state index in [2.05, 4.69) is 10.4 Å². The van der Waals surface area contributed by atoms with E-state index in [1.54, 1.807) is 20.1 Å². The van der Waals surface area contributed by atoms with Gasteiger partial charge in [-0.3, -0.25) is 13.9 Å². The highest BCUT2D eigenvalue weighted by Gasteiger charge is 2.27. The van der Waals surface area contributed by atoms with Gasteiger partial charge in [-0.25, -0.2) is 14.2 Å². The molecule has 35 heavy (non-hydrogen) atoms. The van der Waals surface area contributed by atoms with Gasteiger partial charge in [0.2, 0.25) is 0 Å². The molecular weight excluding hydrogens is 442 g/mol. The quantitative estimate of drug-likeness (QED) is 0.397. The number of hydrogen-bond acceptors (Lipinski definition) is 5. The van der Waals surface area contributed by atoms with Gasteiger partial charge in [0.25, 0.3) is 5.56 Å². The van der Waals surface area contributed by atoms with Gasteiger partial charge in [0, 0.05) is 31.7 Å². The Balaban J connectivity index is 1.48. The molecule has 3 aromatic heterocycles. The number of hydrogen-bond donors (Lipinski definition) is 1. The van der Waals surface area contributed by atoms with Gasteiger partial charge in [0.1, 0.15) is 11.2 Å². The minimum Gasteiger partial charge on any atom is -0.340 e. The molecule has 2 aromatic carbocycles. The number of fused-ring (bicyclic) bond motifs is 1. The molecule has 3 heterocycles. The van der Waals surface area contributed by atoms with Gasteiger partial charge in [-0.15, -0.1) is 0 Å². The van der Waals surface area contributed by atoms with Gasteiger partial charge in [-0.1, -0.05) is 30.3 Å². The molecule has 9 nitrogen and oxygen atoms in total. The highest BCUT2D eigenvalue weighted by molar-refractivity contribution is 5.89. The Labute approximate surface area is 200 Å². The maximum atomic E-state index is 13.3. The predicted octanol–water partition coefficient (Wildman–Crippen LogP) is 3.28. The molecular formula is C26H25N7O2. The Kier molecular flexibility index (Phi) is 5.09. The third-order valence-corrected chi connectivity index (χ3v) is 6.44. The summed E-state index contributed by atoms with van der Waals surface area (Å²) < 4.78 is 6.42. The third kappa shape index (κ3) is 3.95. The van der Waals surface area contributed by atoms with Crippen LogP contribution in [-0.4, -0.2) is 28.7 Å². The summed E-state index contributed by atoms with van der Waals surface area (Å²) in [6, 6.07) is 19.6. The van der Waals surface area contributed by atoms with Crippen molar-refractivity contribution in [2.24, 2.45) is 13.0 Å². The van der Waals surface area contributed by atoms with Crippen LogP contribution >= 0.6 is 0 Å². The van der Waals surface area contributed by atoms with Crippen LogP contribution in [0.15, 0.2) is 82.6 Å². The molecule has 1 aliphatic carbocycles. The Bertz CT molecular complexity index is 1610. The molecule has 1 fully saturated rings. The maximum absolute atomic E-state index is 13.3. The molecule has 0 spiro atoms. The topological polar surface area (TPSA) is 91.7 Å². The van der Waals surface area contributed by atoms with Crippen molar-refractivity contribution >= 4 is 22.5 Å². The highest BCUT2D eigenvalue weighted by atomic mass is 16.2. The molecule has 0 bridgehead atoms. The van der Waals surface area contributed by atoms with Gasteiger partial charge in [-0.2, -0.15) is 10.2 Å². The molecule has 0 atom stereocenters. The van der Waals surface area contributed by atoms with E-state index in [0.717, 1.165) is 29.8 Å². The van der Waals surface area contributed by atoms with Crippen molar-refractivity contribution in [1.29, 1.82) is 0 Å². The van der Waals surface area contributed by atoms with Gasteiger partial charge in [0.15, 0.2) is 5.65 Å². The van der Waals surface area contributed by atoms with Crippen LogP contribution in [0.25, 0.3) is 16.7 Å². The van der Waals surface area contributed by atoms with Crippen LogP contribution in [0.1, 0.15) is 18.4 Å². The Hall–Kier alpha value is -4.40. The summed E-state index contributed by atoms with van der Waals surface area (Å²) in [6.45, 7) is 1.01. The summed E-state index contributed by atoms with van der Waals surface area (Å²) in [6.07, 6.45) is 5.82. The molecule has 5 aromatic rings. The van der Waals surface area contributed by atoms with Crippen molar-refractivity contribution in [3.05, 3.63) is 99.5 Å². The summed E-state index contributed by atoms with van der Waals surface area (Å²) in [5.41, 5.74) is 2.56. The van der Waals surface area contributed by atoms with E-state index in [1.165, 1.54) is 11.6 Å². The van der Waals surface area contributed by atoms with Gasteiger partial charge in [0.05, 0.1) is 12.2 Å². The molecule has 0 radical (unpaired) electrons. The zero-order chi connectivity index (χ0) is 23.9. The number of nitrogens with zero attached hydrogens (tertiary/aromatic N) is 6. The molecule has 1 N–H and O–H groups in total. The smallest absolute Gasteiger partial charge is 0.332 e. The predicted molar refractivity (Wildman–Crippen MR) is 134 cm³/mol. The zero-order valence-electron chi connectivity index (χ0n) is 19.3. The van der Waals surface area contributed by atoms with Crippen molar-refractivity contribution in [2.75, 3.05) is 5.32 Å². The van der Waals surface area contributed by atoms with Crippen LogP contribution < -0.4 is 16.6 Å². The molecule has 176 valence electrons. The molecule has 6 rings (SSSR count). The SMILES string of the molecule is Cn1c(=O)c2c(Nc3ccccc3)n(Cc3ccc(-n4cccn4)cc3)nc2n(CC2CC2)c1=O. The highest BCUT2D eigenvalue weighted by Crippen LogP contribution is 2.32. The maximum Gasteiger partial charge on any atom is 0.332 e. The second-order valence-corrected chi connectivity index (χ2v) is 9.01. The zero-order valence-corrected chi connectivity index (χ0v) is 19.3. The first-order valence-electron chi connectivity index (χ1n) is 11.7. The first kappa shape index (κ1) is 21.2. The van der Waals surface area contributed by atoms with Crippen molar-refractivity contribution in [1.82, 2.24) is 28.7 Å². The van der Waals surface area contributed by atoms with E-state index < -0.39 is 0 Å². The fraction of sp³-hybridized carbons (Fsp3) is 0.231. The number of para-hydroxylation sites is 1. The average Bonchev–Trinajstić information content (AvgIpc) is 3.40. The van der Waals surface area contributed by atoms with Crippen molar-refractivity contribution < 1.29 is 0 Å². The molecule has 1 aliphatic rings. The largest absolute Gasteiger partial charge is 0.340 e. The van der Waals surface area contributed by atoms with Crippen LogP contribution in [0.5, 0.6) is 0 Å². The summed E-state index contributed by atoms with van der Waals surface area (Å²) in [7, 11) is 1.53. The minimum atomic E-state index is -0.351. The van der Waals surface area contributed by atoms with Crippen LogP contribution in [-0.2, 0) is 20.1 Å². The fourth-order valence-electron chi connectivity index (χ4n) is 4.33. The van der Waals surface area contributed by atoms with E-state index in [4.69, 9.17) is 5.10 Å². The average molecular weight is 468 g/mol. The summed E-state index contributed by atoms with van der Waals surface area (Å²) >= 11 is 0. The number of rotatable bonds is 7. The Morgan fingerprint density at radius 3 is 2.46 bits per heavy atom. The number of nitrogens with one attached hydrogen (secondary N) is 1. The number of anilines is 2. The molecule has 0 unspecified atom stereocenters. The van der Waals surface area contributed by atoms with Gasteiger partial charge >= 0.3 is 5.69 Å². The van der Waals surface area contributed by atoms with Crippen LogP contribution in [0.2, 0.25) is 0 Å². The lowest BCUT2D eigenvalue weighted by Crippen LogP contribution is -2.38. The van der Waals surface area contributed by atoms with Gasteiger partial charge < -0.3 is 5.32 Å². The first-order valence-corrected chi connectivity index (χ1v) is 11.7. The molecule has 0 amide bonds. The summed E-state index contributed by atoms with van der Waals surface area (Å²) in [4.78, 5) is 26.3. The number of aromatic nitrogens is 6. The number of benzene rings is 2. The fourth-order valence-corrected chi connectivity index (χ4v) is 4.33. The standard InChI is InChI=1S/C26H25N7O2/c1-30-25(34)22-23(28-20-6-3-2-4-7-20)33(29-24(22)31(26(30)35)16-18-8-9-18)17-19-10-12-21(13-11-19)32-15-5-14-27-32/h2-7,10-15,18,28H,8-9,16-17H2,1H3. The molecule has 0 aliphatic heterocycles. The van der Waals surface area contributed by atoms with Crippen molar-refractivity contribution in [2.45, 2.75) is 25.9 Å². The van der Waals surface area contributed by atoms with Crippen molar-refractivity contribution in [3.63, 3.8) is 0 Å². The van der Waals surface area contributed by atoms with Crippen LogP contribution in [0, 0.1) is 5.92 Å². The van der Waals surface area contributed by atoms with Crippen LogP contribution in [0.4, 0.5) is 11.5 Å². The molecule has 9 heteroatoms. The van der Waals surface area contributed by atoms with E-state index >= 15 is 0 Å². The van der Waals surface area contributed by atoms with Crippen LogP contribution in [0.3, 0.4) is 0 Å². The lowest BCUT2D eigenvalue weighted by molar-refractivity contribution is 0.572. The van der Waals surface area contributed by atoms with E-state index in [-0.39, 0.29) is 11.2 Å². The lowest BCUT2D eigenvalue weighted by Gasteiger charge is -2.11. The summed E-state index contributed by atoms with van der Waals surface area (Å²) in [5.74, 6) is 1.03. The molecule has 0 saturated heterocycles. The summed E-state index contributed by atoms with van der Waals surface area (Å²) in [5, 5.41) is 12.9. The lowest BCUT2D eigenvalue weighted by atomic mass is 10.2. The third-order valence-electron chi connectivity index (χ3n) is 6.44. The monoisotopic (exact) mass is 467 g/mol. The van der Waals surface area contributed by atoms with Crippen molar-refractivity contribution in [3.8, 4) is 5.69 Å². The Morgan fingerprint density at radius 2 is 1.77 bits per heavy atom. The van der Waals surface area contributed by atoms with E-state index in [0.29, 0.717) is 35.9 Å². The Morgan fingerprint density at radius 1 is 1.00 bits per heavy atom. The van der Waals surface area contributed by atoms with Gasteiger partial charge in [-0.05, 0) is 54.7 Å². The minimum absolute atomic E-state index is 0.325. The second-order valence-electron chi connectivity index (χ2n) is 9.01. The normalized spacial score (nSPS) is 13.4.